The minimum Gasteiger partial charge on any atom is -0.364 e. The molecule has 0 amide bonds. The van der Waals surface area contributed by atoms with Crippen molar-refractivity contribution in [1.29, 1.82) is 0 Å². The fourth-order valence-corrected chi connectivity index (χ4v) is 3.01. The second-order valence-electron chi connectivity index (χ2n) is 3.63. The molecule has 0 bridgehead atoms. The number of nitrogens with one attached hydrogen (secondary N) is 1. The van der Waals surface area contributed by atoms with Crippen LogP contribution in [-0.2, 0) is 6.42 Å². The third-order valence-electron chi connectivity index (χ3n) is 2.09. The van der Waals surface area contributed by atoms with Crippen LogP contribution in [0.15, 0.2) is 10.4 Å². The summed E-state index contributed by atoms with van der Waals surface area (Å²) in [5, 5.41) is 8.38. The number of thiazole rings is 1. The monoisotopic (exact) mass is 241 g/mol. The smallest absolute Gasteiger partial charge is 0.156 e. The van der Waals surface area contributed by atoms with Gasteiger partial charge in [0.2, 0.25) is 0 Å². The Morgan fingerprint density at radius 2 is 2.47 bits per heavy atom. The molecule has 0 radical (unpaired) electrons. The summed E-state index contributed by atoms with van der Waals surface area (Å²) >= 11 is 3.56. The van der Waals surface area contributed by atoms with Crippen molar-refractivity contribution in [3.8, 4) is 0 Å². The van der Waals surface area contributed by atoms with E-state index in [0.29, 0.717) is 5.25 Å². The van der Waals surface area contributed by atoms with Crippen LogP contribution in [0.1, 0.15) is 17.6 Å². The highest BCUT2D eigenvalue weighted by atomic mass is 32.2. The summed E-state index contributed by atoms with van der Waals surface area (Å²) < 4.78 is 0. The van der Waals surface area contributed by atoms with E-state index in [-0.39, 0.29) is 0 Å². The van der Waals surface area contributed by atoms with Crippen LogP contribution in [0.5, 0.6) is 0 Å². The van der Waals surface area contributed by atoms with E-state index < -0.39 is 0 Å². The maximum atomic E-state index is 4.42. The summed E-state index contributed by atoms with van der Waals surface area (Å²) in [5.41, 5.74) is 1.12. The second-order valence-corrected chi connectivity index (χ2v) is 6.00. The summed E-state index contributed by atoms with van der Waals surface area (Å²) in [5.74, 6) is 0. The lowest BCUT2D eigenvalue weighted by Gasteiger charge is -2.03. The summed E-state index contributed by atoms with van der Waals surface area (Å²) in [6.07, 6.45) is 0.993. The lowest BCUT2D eigenvalue weighted by Crippen LogP contribution is -2.22. The number of aromatic nitrogens is 1. The molecule has 0 aromatic carbocycles. The van der Waals surface area contributed by atoms with E-state index in [9.17, 15) is 0 Å². The van der Waals surface area contributed by atoms with Gasteiger partial charge in [-0.3, -0.25) is 4.99 Å². The number of amidine groups is 1. The Labute approximate surface area is 98.4 Å². The number of aliphatic imine (C=N–C) groups is 1. The maximum absolute atomic E-state index is 4.42. The second kappa shape index (κ2) is 4.99. The number of aryl methyl sites for hydroxylation is 1. The molecule has 1 aromatic rings. The molecule has 5 heteroatoms. The van der Waals surface area contributed by atoms with E-state index >= 15 is 0 Å². The van der Waals surface area contributed by atoms with E-state index in [4.69, 9.17) is 0 Å². The minimum atomic E-state index is 0.634. The average Bonchev–Trinajstić information content (AvgIpc) is 2.76. The Kier molecular flexibility index (Phi) is 3.64. The number of hydrogen-bond donors (Lipinski definition) is 1. The van der Waals surface area contributed by atoms with Gasteiger partial charge in [-0.05, 0) is 6.92 Å². The van der Waals surface area contributed by atoms with Crippen LogP contribution in [0, 0.1) is 6.92 Å². The topological polar surface area (TPSA) is 37.3 Å². The Morgan fingerprint density at radius 1 is 1.60 bits per heavy atom. The molecule has 1 aliphatic rings. The Balaban J connectivity index is 1.71. The van der Waals surface area contributed by atoms with Gasteiger partial charge in [0, 0.05) is 29.3 Å². The SMILES string of the molecule is Cc1csc(CCNC2=NCC(C)S2)n1. The zero-order valence-electron chi connectivity index (χ0n) is 8.99. The van der Waals surface area contributed by atoms with Crippen LogP contribution < -0.4 is 5.32 Å². The Hall–Kier alpha value is -0.550. The van der Waals surface area contributed by atoms with Crippen molar-refractivity contribution in [2.75, 3.05) is 13.1 Å². The third-order valence-corrected chi connectivity index (χ3v) is 4.16. The summed E-state index contributed by atoms with van der Waals surface area (Å²) in [6, 6.07) is 0. The van der Waals surface area contributed by atoms with Crippen molar-refractivity contribution < 1.29 is 0 Å². The van der Waals surface area contributed by atoms with Crippen molar-refractivity contribution in [2.45, 2.75) is 25.5 Å². The van der Waals surface area contributed by atoms with Crippen molar-refractivity contribution in [3.63, 3.8) is 0 Å². The lowest BCUT2D eigenvalue weighted by atomic mass is 10.4. The van der Waals surface area contributed by atoms with Crippen molar-refractivity contribution in [2.24, 2.45) is 4.99 Å². The molecule has 1 aliphatic heterocycles. The first kappa shape index (κ1) is 11.0. The number of hydrogen-bond acceptors (Lipinski definition) is 5. The first-order valence-electron chi connectivity index (χ1n) is 5.10. The van der Waals surface area contributed by atoms with E-state index in [0.717, 1.165) is 30.4 Å². The van der Waals surface area contributed by atoms with Gasteiger partial charge in [0.05, 0.1) is 11.6 Å². The molecule has 0 spiro atoms. The molecule has 1 N–H and O–H groups in total. The van der Waals surface area contributed by atoms with Gasteiger partial charge in [-0.25, -0.2) is 4.98 Å². The van der Waals surface area contributed by atoms with E-state index in [1.807, 2.05) is 18.7 Å². The van der Waals surface area contributed by atoms with Gasteiger partial charge in [0.25, 0.3) is 0 Å². The first-order chi connectivity index (χ1) is 7.24. The summed E-state index contributed by atoms with van der Waals surface area (Å²) in [6.45, 7) is 6.12. The molecule has 2 heterocycles. The van der Waals surface area contributed by atoms with Crippen molar-refractivity contribution in [3.05, 3.63) is 16.1 Å². The Bertz CT molecular complexity index is 359. The average molecular weight is 241 g/mol. The van der Waals surface area contributed by atoms with Crippen LogP contribution in [0.2, 0.25) is 0 Å². The third kappa shape index (κ3) is 3.21. The van der Waals surface area contributed by atoms with E-state index in [1.165, 1.54) is 5.01 Å². The number of nitrogens with zero attached hydrogens (tertiary/aromatic N) is 2. The fourth-order valence-electron chi connectivity index (χ4n) is 1.37. The molecular formula is C10H15N3S2. The maximum Gasteiger partial charge on any atom is 0.156 e. The fraction of sp³-hybridized carbons (Fsp3) is 0.600. The lowest BCUT2D eigenvalue weighted by molar-refractivity contribution is 0.859. The van der Waals surface area contributed by atoms with E-state index in [2.05, 4.69) is 27.6 Å². The molecule has 0 fully saturated rings. The van der Waals surface area contributed by atoms with Gasteiger partial charge in [-0.15, -0.1) is 11.3 Å². The molecule has 15 heavy (non-hydrogen) atoms. The van der Waals surface area contributed by atoms with Gasteiger partial charge in [-0.2, -0.15) is 0 Å². The largest absolute Gasteiger partial charge is 0.364 e. The van der Waals surface area contributed by atoms with Gasteiger partial charge < -0.3 is 5.32 Å². The molecule has 0 saturated heterocycles. The predicted molar refractivity (Wildman–Crippen MR) is 67.9 cm³/mol. The normalized spacial score (nSPS) is 20.4. The zero-order chi connectivity index (χ0) is 10.7. The van der Waals surface area contributed by atoms with Crippen LogP contribution in [0.4, 0.5) is 0 Å². The zero-order valence-corrected chi connectivity index (χ0v) is 10.6. The van der Waals surface area contributed by atoms with Crippen molar-refractivity contribution in [1.82, 2.24) is 10.3 Å². The van der Waals surface area contributed by atoms with Gasteiger partial charge in [0.1, 0.15) is 0 Å². The molecule has 1 unspecified atom stereocenters. The van der Waals surface area contributed by atoms with Crippen molar-refractivity contribution >= 4 is 28.3 Å². The van der Waals surface area contributed by atoms with Crippen LogP contribution in [-0.4, -0.2) is 28.5 Å². The van der Waals surface area contributed by atoms with E-state index in [1.54, 1.807) is 11.3 Å². The quantitative estimate of drug-likeness (QED) is 0.880. The highest BCUT2D eigenvalue weighted by molar-refractivity contribution is 8.14. The number of rotatable bonds is 3. The first-order valence-corrected chi connectivity index (χ1v) is 6.86. The van der Waals surface area contributed by atoms with Gasteiger partial charge >= 0.3 is 0 Å². The standard InChI is InChI=1S/C10H15N3S2/c1-7-6-14-9(13-7)3-4-11-10-12-5-8(2)15-10/h6,8H,3-5H2,1-2H3,(H,11,12). The number of thioether (sulfide) groups is 1. The molecular weight excluding hydrogens is 226 g/mol. The molecule has 0 aliphatic carbocycles. The molecule has 82 valence electrons. The summed E-state index contributed by atoms with van der Waals surface area (Å²) in [4.78, 5) is 8.83. The summed E-state index contributed by atoms with van der Waals surface area (Å²) in [7, 11) is 0. The molecule has 2 rings (SSSR count). The molecule has 0 saturated carbocycles. The molecule has 3 nitrogen and oxygen atoms in total. The molecule has 1 aromatic heterocycles. The van der Waals surface area contributed by atoms with Crippen LogP contribution >= 0.6 is 23.1 Å². The molecule has 1 atom stereocenters. The van der Waals surface area contributed by atoms with Gasteiger partial charge in [0.15, 0.2) is 5.17 Å². The predicted octanol–water partition coefficient (Wildman–Crippen LogP) is 2.07. The minimum absolute atomic E-state index is 0.634. The highest BCUT2D eigenvalue weighted by Crippen LogP contribution is 2.18. The van der Waals surface area contributed by atoms with Gasteiger partial charge in [-0.1, -0.05) is 18.7 Å². The Morgan fingerprint density at radius 3 is 3.07 bits per heavy atom. The van der Waals surface area contributed by atoms with Crippen LogP contribution in [0.3, 0.4) is 0 Å². The van der Waals surface area contributed by atoms with Crippen LogP contribution in [0.25, 0.3) is 0 Å². The highest BCUT2D eigenvalue weighted by Gasteiger charge is 2.13.